The number of furan rings is 1. The van der Waals surface area contributed by atoms with Gasteiger partial charge >= 0.3 is 0 Å². The van der Waals surface area contributed by atoms with Crippen LogP contribution in [0.1, 0.15) is 0 Å². The second-order valence-corrected chi connectivity index (χ2v) is 11.2. The summed E-state index contributed by atoms with van der Waals surface area (Å²) in [5.74, 6) is 4.17. The van der Waals surface area contributed by atoms with E-state index in [9.17, 15) is 0 Å². The van der Waals surface area contributed by atoms with Gasteiger partial charge in [0.1, 0.15) is 5.76 Å². The van der Waals surface area contributed by atoms with Gasteiger partial charge in [-0.25, -0.2) is 0 Å². The van der Waals surface area contributed by atoms with E-state index in [0.29, 0.717) is 28.9 Å². The Kier molecular flexibility index (Phi) is 4.90. The van der Waals surface area contributed by atoms with Crippen molar-refractivity contribution < 1.29 is 13.9 Å². The highest BCUT2D eigenvalue weighted by Crippen LogP contribution is 2.47. The zero-order valence-corrected chi connectivity index (χ0v) is 23.8. The quantitative estimate of drug-likeness (QED) is 0.208. The molecule has 0 atom stereocenters. The van der Waals surface area contributed by atoms with Gasteiger partial charge in [-0.1, -0.05) is 54.6 Å². The topological polar surface area (TPSA) is 54.4 Å². The number of hydrogen-bond acceptors (Lipinski definition) is 4. The average molecular weight is 582 g/mol. The Morgan fingerprint density at radius 2 is 1.27 bits per heavy atom. The first kappa shape index (κ1) is 24.2. The molecule has 1 aliphatic heterocycles. The molecule has 0 saturated heterocycles. The van der Waals surface area contributed by atoms with E-state index in [1.165, 1.54) is 10.8 Å². The maximum Gasteiger partial charge on any atom is 0.205 e. The fraction of sp³-hybridized carbons (Fsp3) is 0. The summed E-state index contributed by atoms with van der Waals surface area (Å²) in [7, 11) is 0. The van der Waals surface area contributed by atoms with Crippen LogP contribution < -0.4 is 9.47 Å². The van der Waals surface area contributed by atoms with Gasteiger partial charge in [-0.15, -0.1) is 0 Å². The molecule has 0 unspecified atom stereocenters. The smallest absolute Gasteiger partial charge is 0.205 e. The van der Waals surface area contributed by atoms with E-state index in [-0.39, 0.29) is 0 Å². The van der Waals surface area contributed by atoms with Crippen LogP contribution in [0, 0.1) is 0 Å². The molecular formula is C39H23N3O3. The molecule has 0 aliphatic carbocycles. The number of rotatable bonds is 3. The van der Waals surface area contributed by atoms with Gasteiger partial charge < -0.3 is 18.5 Å². The molecule has 6 nitrogen and oxygen atoms in total. The molecule has 1 aliphatic rings. The number of aromatic nitrogens is 3. The van der Waals surface area contributed by atoms with Gasteiger partial charge in [-0.2, -0.15) is 0 Å². The van der Waals surface area contributed by atoms with Crippen LogP contribution in [0.4, 0.5) is 0 Å². The van der Waals surface area contributed by atoms with E-state index in [1.54, 1.807) is 0 Å². The van der Waals surface area contributed by atoms with Crippen molar-refractivity contribution in [1.29, 1.82) is 0 Å². The summed E-state index contributed by atoms with van der Waals surface area (Å²) in [6.45, 7) is 0. The second kappa shape index (κ2) is 9.11. The third-order valence-electron chi connectivity index (χ3n) is 8.66. The van der Waals surface area contributed by atoms with E-state index >= 15 is 0 Å². The average Bonchev–Trinajstić information content (AvgIpc) is 3.80. The van der Waals surface area contributed by atoms with Crippen LogP contribution in [0.5, 0.6) is 23.0 Å². The molecular weight excluding hydrogens is 558 g/mol. The summed E-state index contributed by atoms with van der Waals surface area (Å²) in [4.78, 5) is 4.94. The number of ether oxygens (including phenoxy) is 2. The molecule has 0 spiro atoms. The van der Waals surface area contributed by atoms with Crippen LogP contribution in [-0.2, 0) is 0 Å². The first-order valence-corrected chi connectivity index (χ1v) is 14.9. The van der Waals surface area contributed by atoms with Gasteiger partial charge in [0.15, 0.2) is 23.0 Å². The Hall–Kier alpha value is -6.27. The van der Waals surface area contributed by atoms with Crippen molar-refractivity contribution in [2.75, 3.05) is 0 Å². The highest BCUT2D eigenvalue weighted by Gasteiger charge is 2.23. The number of fused-ring (bicyclic) bond motifs is 9. The van der Waals surface area contributed by atoms with E-state index < -0.39 is 0 Å². The summed E-state index contributed by atoms with van der Waals surface area (Å²) >= 11 is 0. The Morgan fingerprint density at radius 3 is 2.16 bits per heavy atom. The van der Waals surface area contributed by atoms with Crippen molar-refractivity contribution in [2.24, 2.45) is 0 Å². The zero-order valence-electron chi connectivity index (χ0n) is 23.8. The van der Waals surface area contributed by atoms with Gasteiger partial charge in [-0.05, 0) is 72.8 Å². The third-order valence-corrected chi connectivity index (χ3v) is 8.66. The van der Waals surface area contributed by atoms with E-state index in [2.05, 4.69) is 81.9 Å². The molecule has 0 N–H and O–H groups in total. The number of para-hydroxylation sites is 4. The number of nitrogens with zero attached hydrogens (tertiary/aromatic N) is 3. The van der Waals surface area contributed by atoms with E-state index in [4.69, 9.17) is 18.9 Å². The van der Waals surface area contributed by atoms with Crippen LogP contribution in [0.25, 0.3) is 66.6 Å². The molecule has 45 heavy (non-hydrogen) atoms. The summed E-state index contributed by atoms with van der Waals surface area (Å²) in [5.41, 5.74) is 7.21. The van der Waals surface area contributed by atoms with Crippen molar-refractivity contribution in [2.45, 2.75) is 0 Å². The van der Waals surface area contributed by atoms with Crippen LogP contribution >= 0.6 is 0 Å². The number of pyridine rings is 1. The Balaban J connectivity index is 1.19. The molecule has 4 aromatic heterocycles. The summed E-state index contributed by atoms with van der Waals surface area (Å²) < 4.78 is 23.4. The monoisotopic (exact) mass is 581 g/mol. The normalized spacial score (nSPS) is 12.4. The SMILES string of the molecule is c1ccc(-n2c3ccccc3c3ccc4c(c5ncccc5n4-c4ccc(-c5ccc6c(c5)Oc5ccccc5O6)o4)c32)cc1. The molecule has 9 aromatic rings. The van der Waals surface area contributed by atoms with Crippen molar-refractivity contribution in [3.8, 4) is 45.9 Å². The standard InChI is InChI=1S/C39H23N3O3/c1-2-9-25(10-3-1)41-28-12-5-4-11-26(28)27-17-18-29-37(39(27)41)38-30(13-8-22-40-38)42(29)36-21-20-31(45-36)24-16-19-34-35(23-24)44-33-15-7-6-14-32(33)43-34/h1-23H. The van der Waals surface area contributed by atoms with Crippen molar-refractivity contribution in [1.82, 2.24) is 14.1 Å². The predicted octanol–water partition coefficient (Wildman–Crippen LogP) is 10.4. The predicted molar refractivity (Wildman–Crippen MR) is 177 cm³/mol. The molecule has 10 rings (SSSR count). The Morgan fingerprint density at radius 1 is 0.511 bits per heavy atom. The van der Waals surface area contributed by atoms with Crippen LogP contribution in [0.2, 0.25) is 0 Å². The van der Waals surface area contributed by atoms with Crippen molar-refractivity contribution >= 4 is 43.7 Å². The van der Waals surface area contributed by atoms with Crippen LogP contribution in [0.3, 0.4) is 0 Å². The first-order chi connectivity index (χ1) is 22.3. The number of benzene rings is 5. The first-order valence-electron chi connectivity index (χ1n) is 14.9. The molecule has 5 heterocycles. The summed E-state index contributed by atoms with van der Waals surface area (Å²) in [5, 5.41) is 3.47. The van der Waals surface area contributed by atoms with Gasteiger partial charge in [0.2, 0.25) is 5.88 Å². The molecule has 0 fully saturated rings. The molecule has 212 valence electrons. The minimum atomic E-state index is 0.654. The Labute approximate surface area is 256 Å². The van der Waals surface area contributed by atoms with Gasteiger partial charge in [0.25, 0.3) is 0 Å². The Bertz CT molecular complexity index is 2610. The maximum atomic E-state index is 6.61. The lowest BCUT2D eigenvalue weighted by Crippen LogP contribution is -1.98. The largest absolute Gasteiger partial charge is 0.450 e. The number of hydrogen-bond donors (Lipinski definition) is 0. The van der Waals surface area contributed by atoms with Gasteiger partial charge in [-0.3, -0.25) is 9.55 Å². The lowest BCUT2D eigenvalue weighted by Gasteiger charge is -2.20. The minimum absolute atomic E-state index is 0.654. The molecule has 0 bridgehead atoms. The lowest BCUT2D eigenvalue weighted by atomic mass is 10.1. The fourth-order valence-corrected chi connectivity index (χ4v) is 6.73. The highest BCUT2D eigenvalue weighted by molar-refractivity contribution is 6.25. The van der Waals surface area contributed by atoms with Crippen LogP contribution in [0.15, 0.2) is 144 Å². The minimum Gasteiger partial charge on any atom is -0.450 e. The molecule has 6 heteroatoms. The van der Waals surface area contributed by atoms with E-state index in [0.717, 1.165) is 50.0 Å². The maximum absolute atomic E-state index is 6.61. The van der Waals surface area contributed by atoms with Crippen molar-refractivity contribution in [3.05, 3.63) is 140 Å². The molecule has 0 amide bonds. The summed E-state index contributed by atoms with van der Waals surface area (Å²) in [6.07, 6.45) is 1.86. The van der Waals surface area contributed by atoms with Crippen molar-refractivity contribution in [3.63, 3.8) is 0 Å². The van der Waals surface area contributed by atoms with E-state index in [1.807, 2.05) is 66.9 Å². The van der Waals surface area contributed by atoms with Crippen LogP contribution in [-0.4, -0.2) is 14.1 Å². The molecule has 0 radical (unpaired) electrons. The highest BCUT2D eigenvalue weighted by atomic mass is 16.6. The lowest BCUT2D eigenvalue weighted by molar-refractivity contribution is 0.359. The zero-order chi connectivity index (χ0) is 29.5. The fourth-order valence-electron chi connectivity index (χ4n) is 6.73. The van der Waals surface area contributed by atoms with Gasteiger partial charge in [0, 0.05) is 34.3 Å². The third kappa shape index (κ3) is 3.48. The summed E-state index contributed by atoms with van der Waals surface area (Å²) in [6, 6.07) is 45.2. The molecule has 0 saturated carbocycles. The second-order valence-electron chi connectivity index (χ2n) is 11.2. The van der Waals surface area contributed by atoms with Gasteiger partial charge in [0.05, 0.1) is 33.0 Å². The molecule has 5 aromatic carbocycles.